The van der Waals surface area contributed by atoms with Crippen LogP contribution in [0, 0.1) is 11.6 Å². The monoisotopic (exact) mass is 227 g/mol. The van der Waals surface area contributed by atoms with Crippen molar-refractivity contribution in [1.82, 2.24) is 5.32 Å². The van der Waals surface area contributed by atoms with Crippen LogP contribution in [0.5, 0.6) is 0 Å². The van der Waals surface area contributed by atoms with Crippen LogP contribution in [0.2, 0.25) is 0 Å². The Labute approximate surface area is 95.9 Å². The zero-order valence-corrected chi connectivity index (χ0v) is 10.1. The average molecular weight is 227 g/mol. The van der Waals surface area contributed by atoms with Crippen LogP contribution in [0.25, 0.3) is 0 Å². The summed E-state index contributed by atoms with van der Waals surface area (Å²) in [5, 5.41) is 3.12. The van der Waals surface area contributed by atoms with Gasteiger partial charge in [0.2, 0.25) is 0 Å². The van der Waals surface area contributed by atoms with E-state index >= 15 is 0 Å². The Hall–Kier alpha value is -0.960. The van der Waals surface area contributed by atoms with Gasteiger partial charge in [0, 0.05) is 17.5 Å². The highest BCUT2D eigenvalue weighted by Gasteiger charge is 2.22. The van der Waals surface area contributed by atoms with E-state index in [9.17, 15) is 8.78 Å². The molecule has 0 fully saturated rings. The standard InChI is InChI=1S/C13H19F2N/c1-4-6-12(16-3)9(2)13-10(14)7-5-8-11(13)15/h5,7-9,12,16H,4,6H2,1-3H3. The Morgan fingerprint density at radius 3 is 2.25 bits per heavy atom. The first kappa shape index (κ1) is 13.1. The molecule has 0 spiro atoms. The van der Waals surface area contributed by atoms with Gasteiger partial charge in [0.1, 0.15) is 11.6 Å². The summed E-state index contributed by atoms with van der Waals surface area (Å²) in [5.74, 6) is -1.07. The first-order valence-electron chi connectivity index (χ1n) is 5.73. The van der Waals surface area contributed by atoms with E-state index in [2.05, 4.69) is 12.2 Å². The summed E-state index contributed by atoms with van der Waals surface area (Å²) in [7, 11) is 1.83. The van der Waals surface area contributed by atoms with Crippen LogP contribution in [0.1, 0.15) is 38.2 Å². The third kappa shape index (κ3) is 2.79. The van der Waals surface area contributed by atoms with Crippen molar-refractivity contribution in [1.29, 1.82) is 0 Å². The van der Waals surface area contributed by atoms with E-state index in [1.807, 2.05) is 14.0 Å². The molecule has 0 saturated heterocycles. The molecule has 0 aliphatic heterocycles. The number of halogens is 2. The van der Waals surface area contributed by atoms with Gasteiger partial charge in [0.05, 0.1) is 0 Å². The van der Waals surface area contributed by atoms with Gasteiger partial charge < -0.3 is 5.32 Å². The fourth-order valence-electron chi connectivity index (χ4n) is 2.10. The molecule has 90 valence electrons. The molecule has 2 atom stereocenters. The highest BCUT2D eigenvalue weighted by molar-refractivity contribution is 5.24. The molecule has 1 aromatic carbocycles. The molecule has 1 nitrogen and oxygen atoms in total. The summed E-state index contributed by atoms with van der Waals surface area (Å²) >= 11 is 0. The predicted molar refractivity (Wildman–Crippen MR) is 62.5 cm³/mol. The second kappa shape index (κ2) is 5.94. The fourth-order valence-corrected chi connectivity index (χ4v) is 2.10. The first-order valence-corrected chi connectivity index (χ1v) is 5.73. The number of rotatable bonds is 5. The number of benzene rings is 1. The van der Waals surface area contributed by atoms with Crippen LogP contribution in [-0.4, -0.2) is 13.1 Å². The van der Waals surface area contributed by atoms with Crippen molar-refractivity contribution < 1.29 is 8.78 Å². The van der Waals surface area contributed by atoms with Gasteiger partial charge in [-0.1, -0.05) is 26.3 Å². The van der Waals surface area contributed by atoms with Gasteiger partial charge in [0.25, 0.3) is 0 Å². The zero-order chi connectivity index (χ0) is 12.1. The molecule has 2 unspecified atom stereocenters. The minimum Gasteiger partial charge on any atom is -0.316 e. The lowest BCUT2D eigenvalue weighted by atomic mass is 9.90. The molecule has 0 heterocycles. The lowest BCUT2D eigenvalue weighted by molar-refractivity contribution is 0.422. The van der Waals surface area contributed by atoms with Gasteiger partial charge in [-0.3, -0.25) is 0 Å². The SMILES string of the molecule is CCCC(NC)C(C)c1c(F)cccc1F. The van der Waals surface area contributed by atoms with E-state index < -0.39 is 11.6 Å². The largest absolute Gasteiger partial charge is 0.316 e. The first-order chi connectivity index (χ1) is 7.61. The van der Waals surface area contributed by atoms with Crippen LogP contribution >= 0.6 is 0 Å². The molecule has 1 aromatic rings. The maximum Gasteiger partial charge on any atom is 0.129 e. The molecular formula is C13H19F2N. The fraction of sp³-hybridized carbons (Fsp3) is 0.538. The third-order valence-electron chi connectivity index (χ3n) is 3.03. The summed E-state index contributed by atoms with van der Waals surface area (Å²) in [5.41, 5.74) is 0.190. The van der Waals surface area contributed by atoms with Crippen molar-refractivity contribution in [2.75, 3.05) is 7.05 Å². The number of likely N-dealkylation sites (N-methyl/N-ethyl adjacent to an activating group) is 1. The summed E-state index contributed by atoms with van der Waals surface area (Å²) in [6.45, 7) is 3.92. The number of nitrogens with one attached hydrogen (secondary N) is 1. The second-order valence-electron chi connectivity index (χ2n) is 4.11. The number of hydrogen-bond acceptors (Lipinski definition) is 1. The quantitative estimate of drug-likeness (QED) is 0.812. The van der Waals surface area contributed by atoms with Crippen molar-refractivity contribution in [2.24, 2.45) is 0 Å². The van der Waals surface area contributed by atoms with E-state index in [-0.39, 0.29) is 17.5 Å². The molecule has 0 aliphatic rings. The van der Waals surface area contributed by atoms with Crippen LogP contribution in [0.4, 0.5) is 8.78 Å². The van der Waals surface area contributed by atoms with E-state index in [1.165, 1.54) is 18.2 Å². The highest BCUT2D eigenvalue weighted by Crippen LogP contribution is 2.26. The molecule has 0 bridgehead atoms. The minimum atomic E-state index is -0.455. The van der Waals surface area contributed by atoms with Crippen LogP contribution < -0.4 is 5.32 Å². The molecule has 0 radical (unpaired) electrons. The summed E-state index contributed by atoms with van der Waals surface area (Å²) in [4.78, 5) is 0. The molecule has 1 N–H and O–H groups in total. The highest BCUT2D eigenvalue weighted by atomic mass is 19.1. The van der Waals surface area contributed by atoms with Gasteiger partial charge >= 0.3 is 0 Å². The van der Waals surface area contributed by atoms with E-state index in [0.29, 0.717) is 0 Å². The number of hydrogen-bond donors (Lipinski definition) is 1. The zero-order valence-electron chi connectivity index (χ0n) is 10.1. The smallest absolute Gasteiger partial charge is 0.129 e. The maximum absolute atomic E-state index is 13.6. The predicted octanol–water partition coefficient (Wildman–Crippen LogP) is 3.46. The summed E-state index contributed by atoms with van der Waals surface area (Å²) in [6.07, 6.45) is 1.90. The van der Waals surface area contributed by atoms with E-state index in [1.54, 1.807) is 0 Å². The van der Waals surface area contributed by atoms with Crippen LogP contribution in [-0.2, 0) is 0 Å². The lowest BCUT2D eigenvalue weighted by Crippen LogP contribution is -2.31. The van der Waals surface area contributed by atoms with Crippen molar-refractivity contribution in [3.63, 3.8) is 0 Å². The summed E-state index contributed by atoms with van der Waals surface area (Å²) in [6, 6.07) is 4.13. The minimum absolute atomic E-state index is 0.108. The Kier molecular flexibility index (Phi) is 4.87. The topological polar surface area (TPSA) is 12.0 Å². The van der Waals surface area contributed by atoms with Crippen molar-refractivity contribution in [3.8, 4) is 0 Å². The summed E-state index contributed by atoms with van der Waals surface area (Å²) < 4.78 is 27.1. The molecular weight excluding hydrogens is 208 g/mol. The second-order valence-corrected chi connectivity index (χ2v) is 4.11. The lowest BCUT2D eigenvalue weighted by Gasteiger charge is -2.24. The Morgan fingerprint density at radius 2 is 1.81 bits per heavy atom. The Bertz CT molecular complexity index is 318. The van der Waals surface area contributed by atoms with E-state index in [0.717, 1.165) is 12.8 Å². The van der Waals surface area contributed by atoms with Gasteiger partial charge in [-0.2, -0.15) is 0 Å². The van der Waals surface area contributed by atoms with Crippen LogP contribution in [0.3, 0.4) is 0 Å². The average Bonchev–Trinajstić information content (AvgIpc) is 2.25. The Morgan fingerprint density at radius 1 is 1.25 bits per heavy atom. The van der Waals surface area contributed by atoms with Gasteiger partial charge in [0.15, 0.2) is 0 Å². The molecule has 0 aromatic heterocycles. The van der Waals surface area contributed by atoms with Crippen molar-refractivity contribution in [2.45, 2.75) is 38.6 Å². The molecule has 1 rings (SSSR count). The van der Waals surface area contributed by atoms with Crippen LogP contribution in [0.15, 0.2) is 18.2 Å². The van der Waals surface area contributed by atoms with Gasteiger partial charge in [-0.25, -0.2) is 8.78 Å². The molecule has 16 heavy (non-hydrogen) atoms. The molecule has 0 saturated carbocycles. The molecule has 0 aliphatic carbocycles. The van der Waals surface area contributed by atoms with Gasteiger partial charge in [-0.15, -0.1) is 0 Å². The normalized spacial score (nSPS) is 14.8. The van der Waals surface area contributed by atoms with Crippen molar-refractivity contribution in [3.05, 3.63) is 35.4 Å². The van der Waals surface area contributed by atoms with E-state index in [4.69, 9.17) is 0 Å². The molecule has 0 amide bonds. The Balaban J connectivity index is 2.98. The van der Waals surface area contributed by atoms with Crippen molar-refractivity contribution >= 4 is 0 Å². The maximum atomic E-state index is 13.6. The van der Waals surface area contributed by atoms with Gasteiger partial charge in [-0.05, 0) is 25.6 Å². The third-order valence-corrected chi connectivity index (χ3v) is 3.03. The molecule has 3 heteroatoms.